The zero-order valence-corrected chi connectivity index (χ0v) is 15.3. The normalized spacial score (nSPS) is 15.7. The molecule has 0 fully saturated rings. The topological polar surface area (TPSA) is 29.5 Å². The number of rotatable bonds is 3. The van der Waals surface area contributed by atoms with E-state index in [0.29, 0.717) is 6.61 Å². The van der Waals surface area contributed by atoms with Crippen LogP contribution in [0.25, 0.3) is 16.2 Å². The summed E-state index contributed by atoms with van der Waals surface area (Å²) in [4.78, 5) is 15.0. The Balaban J connectivity index is 2.15. The van der Waals surface area contributed by atoms with Crippen molar-refractivity contribution < 1.29 is 9.53 Å². The Morgan fingerprint density at radius 1 is 1.43 bits per heavy atom. The van der Waals surface area contributed by atoms with Crippen molar-refractivity contribution in [2.24, 2.45) is 0 Å². The van der Waals surface area contributed by atoms with Crippen LogP contribution in [0.2, 0.25) is 5.02 Å². The van der Waals surface area contributed by atoms with Gasteiger partial charge in [0.15, 0.2) is 0 Å². The third-order valence-electron chi connectivity index (χ3n) is 3.94. The van der Waals surface area contributed by atoms with Gasteiger partial charge in [-0.05, 0) is 49.7 Å². The Morgan fingerprint density at radius 3 is 2.96 bits per heavy atom. The molecule has 2 aromatic rings. The zero-order chi connectivity index (χ0) is 16.6. The lowest BCUT2D eigenvalue weighted by Crippen LogP contribution is -2.18. The van der Waals surface area contributed by atoms with Crippen molar-refractivity contribution in [3.8, 4) is 0 Å². The molecule has 23 heavy (non-hydrogen) atoms. The molecule has 1 aromatic carbocycles. The molecule has 0 saturated carbocycles. The van der Waals surface area contributed by atoms with Crippen molar-refractivity contribution in [3.63, 3.8) is 0 Å². The molecule has 0 aliphatic carbocycles. The van der Waals surface area contributed by atoms with Gasteiger partial charge < -0.3 is 9.64 Å². The maximum Gasteiger partial charge on any atom is 0.349 e. The van der Waals surface area contributed by atoms with Crippen molar-refractivity contribution >= 4 is 56.7 Å². The predicted octanol–water partition coefficient (Wildman–Crippen LogP) is 4.69. The molecule has 122 valence electrons. The van der Waals surface area contributed by atoms with E-state index in [0.717, 1.165) is 29.4 Å². The van der Waals surface area contributed by atoms with E-state index in [9.17, 15) is 4.79 Å². The number of nitrogens with zero attached hydrogens (tertiary/aromatic N) is 1. The molecule has 0 atom stereocenters. The zero-order valence-electron chi connectivity index (χ0n) is 13.0. The molecule has 0 saturated heterocycles. The smallest absolute Gasteiger partial charge is 0.349 e. The third kappa shape index (κ3) is 3.26. The maximum absolute atomic E-state index is 11.8. The molecular weight excluding hydrogens is 353 g/mol. The van der Waals surface area contributed by atoms with Crippen molar-refractivity contribution in [1.29, 1.82) is 0 Å². The van der Waals surface area contributed by atoms with Gasteiger partial charge in [-0.15, -0.1) is 11.3 Å². The van der Waals surface area contributed by atoms with E-state index < -0.39 is 5.97 Å². The van der Waals surface area contributed by atoms with Gasteiger partial charge in [-0.2, -0.15) is 0 Å². The van der Waals surface area contributed by atoms with Crippen LogP contribution in [0.15, 0.2) is 17.2 Å². The van der Waals surface area contributed by atoms with Crippen LogP contribution in [0.1, 0.15) is 22.9 Å². The lowest BCUT2D eigenvalue weighted by molar-refractivity contribution is -0.137. The van der Waals surface area contributed by atoms with E-state index >= 15 is 0 Å². The minimum atomic E-state index is -0.487. The Bertz CT molecular complexity index is 797. The Hall–Kier alpha value is -1.07. The van der Waals surface area contributed by atoms with Gasteiger partial charge in [0, 0.05) is 33.1 Å². The van der Waals surface area contributed by atoms with E-state index in [2.05, 4.69) is 11.9 Å². The molecule has 0 bridgehead atoms. The minimum Gasteiger partial charge on any atom is -0.462 e. The lowest BCUT2D eigenvalue weighted by atomic mass is 10.0. The molecule has 1 aromatic heterocycles. The number of likely N-dealkylation sites (N-methyl/N-ethyl adjacent to an activating group) is 1. The summed E-state index contributed by atoms with van der Waals surface area (Å²) in [5.74, 6) is -0.487. The first-order valence-corrected chi connectivity index (χ1v) is 9.04. The first-order valence-electron chi connectivity index (χ1n) is 7.47. The fourth-order valence-corrected chi connectivity index (χ4v) is 4.53. The Labute approximate surface area is 149 Å². The summed E-state index contributed by atoms with van der Waals surface area (Å²) in [5, 5.41) is 2.12. The second-order valence-corrected chi connectivity index (χ2v) is 7.44. The van der Waals surface area contributed by atoms with Gasteiger partial charge in [0.25, 0.3) is 0 Å². The van der Waals surface area contributed by atoms with Crippen LogP contribution >= 0.6 is 34.5 Å². The predicted molar refractivity (Wildman–Crippen MR) is 97.3 cm³/mol. The fourth-order valence-electron chi connectivity index (χ4n) is 2.86. The van der Waals surface area contributed by atoms with E-state index in [4.69, 9.17) is 27.9 Å². The van der Waals surface area contributed by atoms with Crippen LogP contribution < -0.4 is 0 Å². The molecule has 0 radical (unpaired) electrons. The molecule has 0 amide bonds. The van der Waals surface area contributed by atoms with Gasteiger partial charge in [-0.3, -0.25) is 0 Å². The third-order valence-corrected chi connectivity index (χ3v) is 5.70. The molecule has 0 unspecified atom stereocenters. The second-order valence-electron chi connectivity index (χ2n) is 5.54. The minimum absolute atomic E-state index is 0.106. The number of ether oxygens (including phenoxy) is 1. The molecule has 1 aliphatic heterocycles. The van der Waals surface area contributed by atoms with E-state index in [1.165, 1.54) is 21.2 Å². The van der Waals surface area contributed by atoms with Gasteiger partial charge in [0.05, 0.1) is 6.61 Å². The van der Waals surface area contributed by atoms with E-state index in [1.807, 2.05) is 12.1 Å². The summed E-state index contributed by atoms with van der Waals surface area (Å²) < 4.78 is 6.14. The highest BCUT2D eigenvalue weighted by Crippen LogP contribution is 2.40. The number of hydrogen-bond donors (Lipinski definition) is 0. The summed E-state index contributed by atoms with van der Waals surface area (Å²) in [7, 11) is 2.09. The average molecular weight is 370 g/mol. The van der Waals surface area contributed by atoms with Crippen molar-refractivity contribution in [2.45, 2.75) is 19.9 Å². The van der Waals surface area contributed by atoms with Crippen LogP contribution in [0.3, 0.4) is 0 Å². The number of thiophene rings is 1. The maximum atomic E-state index is 11.8. The van der Waals surface area contributed by atoms with Crippen LogP contribution in [0.4, 0.5) is 0 Å². The molecule has 3 rings (SSSR count). The Morgan fingerprint density at radius 2 is 2.22 bits per heavy atom. The van der Waals surface area contributed by atoms with Crippen molar-refractivity contribution in [1.82, 2.24) is 4.90 Å². The van der Waals surface area contributed by atoms with Gasteiger partial charge in [-0.25, -0.2) is 4.79 Å². The Kier molecular flexibility index (Phi) is 4.97. The number of carbonyl (C=O) groups excluding carboxylic acids is 1. The van der Waals surface area contributed by atoms with Crippen LogP contribution in [0, 0.1) is 0 Å². The summed E-state index contributed by atoms with van der Waals surface area (Å²) in [6, 6.07) is 3.99. The fraction of sp³-hybridized carbons (Fsp3) is 0.353. The summed E-state index contributed by atoms with van der Waals surface area (Å²) >= 11 is 14.2. The van der Waals surface area contributed by atoms with Crippen LogP contribution in [0.5, 0.6) is 0 Å². The van der Waals surface area contributed by atoms with Crippen molar-refractivity contribution in [2.75, 3.05) is 20.2 Å². The molecule has 0 spiro atoms. The van der Waals surface area contributed by atoms with Crippen molar-refractivity contribution in [3.05, 3.63) is 38.2 Å². The van der Waals surface area contributed by atoms with Gasteiger partial charge in [0.1, 0.15) is 5.03 Å². The average Bonchev–Trinajstić information content (AvgIpc) is 2.73. The first kappa shape index (κ1) is 16.8. The largest absolute Gasteiger partial charge is 0.462 e. The molecule has 3 nitrogen and oxygen atoms in total. The first-order chi connectivity index (χ1) is 11.0. The van der Waals surface area contributed by atoms with E-state index in [1.54, 1.807) is 24.3 Å². The van der Waals surface area contributed by atoms with Gasteiger partial charge >= 0.3 is 5.97 Å². The van der Waals surface area contributed by atoms with Crippen LogP contribution in [-0.4, -0.2) is 31.1 Å². The summed E-state index contributed by atoms with van der Waals surface area (Å²) in [6.07, 6.45) is 2.64. The molecule has 6 heteroatoms. The number of esters is 1. The molecule has 0 N–H and O–H groups in total. The highest BCUT2D eigenvalue weighted by molar-refractivity contribution is 7.20. The second kappa shape index (κ2) is 6.81. The molecule has 2 heterocycles. The quantitative estimate of drug-likeness (QED) is 0.580. The number of benzene rings is 1. The highest BCUT2D eigenvalue weighted by atomic mass is 35.5. The molecular formula is C17H17Cl2NO2S. The number of hydrogen-bond acceptors (Lipinski definition) is 4. The lowest BCUT2D eigenvalue weighted by Gasteiger charge is -2.13. The molecule has 1 aliphatic rings. The highest BCUT2D eigenvalue weighted by Gasteiger charge is 2.22. The summed E-state index contributed by atoms with van der Waals surface area (Å²) in [6.45, 7) is 3.84. The van der Waals surface area contributed by atoms with Gasteiger partial charge in [0.2, 0.25) is 0 Å². The SMILES string of the molecule is CCOC(=O)/C(Cl)=C/c1sc2ccc(Cl)c3c2c1CN(C)CC3. The monoisotopic (exact) mass is 369 g/mol. The van der Waals surface area contributed by atoms with Crippen LogP contribution in [-0.2, 0) is 22.5 Å². The number of carbonyl (C=O) groups is 1. The number of halogens is 2. The van der Waals surface area contributed by atoms with Gasteiger partial charge in [-0.1, -0.05) is 23.2 Å². The standard InChI is InChI=1S/C17H17Cl2NO2S/c1-3-22-17(21)13(19)8-15-11-9-20(2)7-6-10-12(18)4-5-14(23-15)16(10)11/h4-5,8H,3,6-7,9H2,1-2H3/b13-8-. The van der Waals surface area contributed by atoms with E-state index in [-0.39, 0.29) is 5.03 Å². The summed E-state index contributed by atoms with van der Waals surface area (Å²) in [5.41, 5.74) is 2.37.